The summed E-state index contributed by atoms with van der Waals surface area (Å²) < 4.78 is 0. The average molecular weight is 162 g/mol. The zero-order valence-electron chi connectivity index (χ0n) is 6.99. The Hall–Kier alpha value is -1.64. The van der Waals surface area contributed by atoms with Crippen LogP contribution >= 0.6 is 0 Å². The zero-order chi connectivity index (χ0) is 8.81. The molecule has 0 spiro atoms. The molecule has 0 atom stereocenters. The van der Waals surface area contributed by atoms with E-state index in [0.29, 0.717) is 0 Å². The van der Waals surface area contributed by atoms with Crippen molar-refractivity contribution in [3.8, 4) is 0 Å². The highest BCUT2D eigenvalue weighted by atomic mass is 15.1. The second-order valence-corrected chi connectivity index (χ2v) is 2.43. The first-order valence-corrected chi connectivity index (χ1v) is 3.72. The maximum absolute atomic E-state index is 5.05. The molecule has 0 fully saturated rings. The number of nitrogens with two attached hydrogens (primary N) is 1. The smallest absolute Gasteiger partial charge is 0.203 e. The minimum Gasteiger partial charge on any atom is -0.323 e. The highest BCUT2D eigenvalue weighted by molar-refractivity contribution is 6.27. The van der Waals surface area contributed by atoms with E-state index < -0.39 is 0 Å². The van der Waals surface area contributed by atoms with E-state index in [0.717, 1.165) is 11.4 Å². The van der Waals surface area contributed by atoms with Crippen molar-refractivity contribution in [2.75, 3.05) is 0 Å². The van der Waals surface area contributed by atoms with Crippen molar-refractivity contribution in [1.29, 1.82) is 0 Å². The van der Waals surface area contributed by atoms with E-state index in [2.05, 4.69) is 10.1 Å². The molecular weight excluding hydrogens is 150 g/mol. The van der Waals surface area contributed by atoms with E-state index in [-0.39, 0.29) is 0 Å². The maximum Gasteiger partial charge on any atom is 0.203 e. The van der Waals surface area contributed by atoms with Crippen LogP contribution in [-0.2, 0) is 0 Å². The summed E-state index contributed by atoms with van der Waals surface area (Å²) in [5, 5.41) is 3.50. The molecule has 1 aromatic rings. The van der Waals surface area contributed by atoms with Crippen LogP contribution in [0, 0.1) is 0 Å². The molecule has 0 aliphatic carbocycles. The fraction of sp³-hybridized carbons (Fsp3) is 0.111. The van der Waals surface area contributed by atoms with Crippen molar-refractivity contribution in [2.24, 2.45) is 10.9 Å². The molecule has 0 saturated heterocycles. The molecule has 3 nitrogen and oxygen atoms in total. The van der Waals surface area contributed by atoms with E-state index in [9.17, 15) is 0 Å². The second-order valence-electron chi connectivity index (χ2n) is 2.43. The Kier molecular flexibility index (Phi) is 3.02. The van der Waals surface area contributed by atoms with Gasteiger partial charge in [-0.25, -0.2) is 4.99 Å². The van der Waals surface area contributed by atoms with Crippen LogP contribution in [0.3, 0.4) is 0 Å². The van der Waals surface area contributed by atoms with E-state index in [1.165, 1.54) is 0 Å². The summed E-state index contributed by atoms with van der Waals surface area (Å²) in [5.41, 5.74) is 1.79. The third-order valence-electron chi connectivity index (χ3n) is 1.43. The van der Waals surface area contributed by atoms with Gasteiger partial charge >= 0.3 is 0 Å². The van der Waals surface area contributed by atoms with Gasteiger partial charge < -0.3 is 5.84 Å². The molecule has 0 aliphatic rings. The molecule has 0 unspecified atom stereocenters. The van der Waals surface area contributed by atoms with Crippen molar-refractivity contribution in [1.82, 2.24) is 0 Å². The fourth-order valence-electron chi connectivity index (χ4n) is 0.759. The highest BCUT2D eigenvalue weighted by Gasteiger charge is 1.91. The molecule has 12 heavy (non-hydrogen) atoms. The molecule has 0 aliphatic heterocycles. The van der Waals surface area contributed by atoms with Gasteiger partial charge in [-0.05, 0) is 6.92 Å². The number of nitrogens with one attached hydrogen (secondary N) is 1. The molecule has 0 amide bonds. The Morgan fingerprint density at radius 3 is 2.67 bits per heavy atom. The summed E-state index contributed by atoms with van der Waals surface area (Å²) >= 11 is 0. The molecule has 1 aromatic carbocycles. The van der Waals surface area contributed by atoms with Crippen LogP contribution in [-0.4, -0.2) is 11.9 Å². The molecule has 0 aromatic heterocycles. The van der Waals surface area contributed by atoms with Gasteiger partial charge in [0.25, 0.3) is 0 Å². The van der Waals surface area contributed by atoms with E-state index in [1.807, 2.05) is 37.3 Å². The summed E-state index contributed by atoms with van der Waals surface area (Å²) in [5.74, 6) is 5.05. The van der Waals surface area contributed by atoms with Crippen molar-refractivity contribution in [3.05, 3.63) is 30.3 Å². The van der Waals surface area contributed by atoms with Crippen molar-refractivity contribution in [3.63, 3.8) is 0 Å². The predicted octanol–water partition coefficient (Wildman–Crippen LogP) is -0.196. The third kappa shape index (κ3) is 2.54. The fourth-order valence-corrected chi connectivity index (χ4v) is 0.759. The Labute approximate surface area is 71.6 Å². The lowest BCUT2D eigenvalue weighted by Gasteiger charge is -1.83. The largest absolute Gasteiger partial charge is 0.323 e. The van der Waals surface area contributed by atoms with E-state index in [4.69, 9.17) is 5.84 Å². The van der Waals surface area contributed by atoms with Gasteiger partial charge in [-0.3, -0.25) is 0 Å². The number of hydrogen-bond acceptors (Lipinski definition) is 2. The van der Waals surface area contributed by atoms with Crippen LogP contribution in [0.2, 0.25) is 0 Å². The van der Waals surface area contributed by atoms with Gasteiger partial charge in [-0.15, -0.1) is 0 Å². The first-order chi connectivity index (χ1) is 5.83. The minimum absolute atomic E-state index is 0.763. The standard InChI is InChI=1S/C9H11N3/c1-8(12-10)7-11-9-5-3-2-4-6-9/h2-7H,10H2,1H3/p+1/b11-7?,12-8-. The number of benzene rings is 1. The normalized spacial score (nSPS) is 12.2. The van der Waals surface area contributed by atoms with Gasteiger partial charge in [0, 0.05) is 12.1 Å². The average Bonchev–Trinajstić information content (AvgIpc) is 2.16. The molecule has 0 heterocycles. The molecule has 1 rings (SSSR count). The van der Waals surface area contributed by atoms with Crippen molar-refractivity contribution < 1.29 is 4.99 Å². The van der Waals surface area contributed by atoms with Crippen LogP contribution in [0.1, 0.15) is 6.92 Å². The molecule has 62 valence electrons. The van der Waals surface area contributed by atoms with Crippen molar-refractivity contribution in [2.45, 2.75) is 6.92 Å². The van der Waals surface area contributed by atoms with Gasteiger partial charge in [0.2, 0.25) is 5.69 Å². The molecular formula is C9H12N3+. The monoisotopic (exact) mass is 162 g/mol. The van der Waals surface area contributed by atoms with E-state index in [1.54, 1.807) is 6.21 Å². The SMILES string of the molecule is C/C(C=[NH+]c1ccccc1)=N/N. The lowest BCUT2D eigenvalue weighted by atomic mass is 10.3. The van der Waals surface area contributed by atoms with Crippen LogP contribution in [0.15, 0.2) is 35.4 Å². The molecule has 0 bridgehead atoms. The Morgan fingerprint density at radius 2 is 2.08 bits per heavy atom. The lowest BCUT2D eigenvalue weighted by Crippen LogP contribution is -2.62. The Balaban J connectivity index is 2.70. The maximum atomic E-state index is 5.05. The molecule has 3 heteroatoms. The molecule has 0 radical (unpaired) electrons. The van der Waals surface area contributed by atoms with Crippen LogP contribution in [0.5, 0.6) is 0 Å². The summed E-state index contributed by atoms with van der Waals surface area (Å²) in [6.07, 6.45) is 1.76. The van der Waals surface area contributed by atoms with Crippen LogP contribution < -0.4 is 10.8 Å². The van der Waals surface area contributed by atoms with Crippen LogP contribution in [0.4, 0.5) is 5.69 Å². The van der Waals surface area contributed by atoms with Gasteiger partial charge in [-0.1, -0.05) is 18.2 Å². The van der Waals surface area contributed by atoms with Gasteiger partial charge in [0.1, 0.15) is 5.71 Å². The van der Waals surface area contributed by atoms with Gasteiger partial charge in [0.05, 0.1) is 0 Å². The first-order valence-electron chi connectivity index (χ1n) is 3.72. The highest BCUT2D eigenvalue weighted by Crippen LogP contribution is 1.94. The summed E-state index contributed by atoms with van der Waals surface area (Å²) in [7, 11) is 0. The molecule has 0 saturated carbocycles. The van der Waals surface area contributed by atoms with E-state index >= 15 is 0 Å². The van der Waals surface area contributed by atoms with Gasteiger partial charge in [0.15, 0.2) is 6.21 Å². The Morgan fingerprint density at radius 1 is 1.42 bits per heavy atom. The van der Waals surface area contributed by atoms with Crippen molar-refractivity contribution >= 4 is 17.6 Å². The number of rotatable bonds is 2. The quantitative estimate of drug-likeness (QED) is 0.353. The summed E-state index contributed by atoms with van der Waals surface area (Å²) in [4.78, 5) is 3.06. The number of hydrazone groups is 1. The number of para-hydroxylation sites is 1. The third-order valence-corrected chi connectivity index (χ3v) is 1.43. The zero-order valence-corrected chi connectivity index (χ0v) is 6.99. The predicted molar refractivity (Wildman–Crippen MR) is 50.4 cm³/mol. The lowest BCUT2D eigenvalue weighted by molar-refractivity contribution is -0.345. The minimum atomic E-state index is 0.763. The first kappa shape index (κ1) is 8.46. The number of hydrogen-bond donors (Lipinski definition) is 2. The Bertz CT molecular complexity index is 288. The van der Waals surface area contributed by atoms with Gasteiger partial charge in [-0.2, -0.15) is 5.10 Å². The summed E-state index contributed by atoms with van der Waals surface area (Å²) in [6, 6.07) is 9.84. The second kappa shape index (κ2) is 4.28. The summed E-state index contributed by atoms with van der Waals surface area (Å²) in [6.45, 7) is 1.83. The topological polar surface area (TPSA) is 52.3 Å². The molecule has 3 N–H and O–H groups in total. The number of nitrogens with zero attached hydrogens (tertiary/aromatic N) is 1. The van der Waals surface area contributed by atoms with Crippen LogP contribution in [0.25, 0.3) is 0 Å².